The van der Waals surface area contributed by atoms with Crippen LogP contribution in [0.4, 0.5) is 42.2 Å². The number of carbonyl (C=O) groups is 2. The predicted octanol–water partition coefficient (Wildman–Crippen LogP) is 8.50. The standard InChI is InChI=1S/C34H36F7N3O3/c1-19-13-24(35)7-8-25(19)26-17-28(44-11-9-20(10-12-44)32(4,5)30(46)47)42-18-27(26)43(6)29(45)31(2,3)21-14-22(33(36,37)38)16-23(15-21)34(39,40)41/h7-8,13-18,20H,9-12H2,1-6H3,(H,46,47). The molecule has 3 aromatic rings. The molecule has 13 heteroatoms. The van der Waals surface area contributed by atoms with Crippen LogP contribution in [0.5, 0.6) is 0 Å². The van der Waals surface area contributed by atoms with Gasteiger partial charge >= 0.3 is 18.3 Å². The van der Waals surface area contributed by atoms with Gasteiger partial charge in [0, 0.05) is 25.7 Å². The number of halogens is 7. The molecule has 0 aliphatic carbocycles. The average Bonchev–Trinajstić information content (AvgIpc) is 2.99. The Morgan fingerprint density at radius 3 is 1.87 bits per heavy atom. The van der Waals surface area contributed by atoms with Gasteiger partial charge in [0.05, 0.1) is 33.8 Å². The van der Waals surface area contributed by atoms with Gasteiger partial charge in [-0.05, 0) is 106 Å². The van der Waals surface area contributed by atoms with Crippen molar-refractivity contribution < 1.29 is 45.4 Å². The lowest BCUT2D eigenvalue weighted by Gasteiger charge is -2.39. The van der Waals surface area contributed by atoms with Crippen LogP contribution in [0, 0.1) is 24.1 Å². The first-order valence-corrected chi connectivity index (χ1v) is 14.9. The normalized spacial score (nSPS) is 15.1. The van der Waals surface area contributed by atoms with Crippen molar-refractivity contribution in [1.82, 2.24) is 4.98 Å². The Bertz CT molecular complexity index is 1640. The maximum absolute atomic E-state index is 14.1. The highest BCUT2D eigenvalue weighted by atomic mass is 19.4. The molecular formula is C34H36F7N3O3. The van der Waals surface area contributed by atoms with Gasteiger partial charge in [0.2, 0.25) is 5.91 Å². The number of carboxylic acids is 1. The van der Waals surface area contributed by atoms with Crippen molar-refractivity contribution in [2.75, 3.05) is 29.9 Å². The van der Waals surface area contributed by atoms with Crippen LogP contribution in [0.15, 0.2) is 48.7 Å². The summed E-state index contributed by atoms with van der Waals surface area (Å²) in [6.45, 7) is 8.52. The molecule has 2 aromatic carbocycles. The summed E-state index contributed by atoms with van der Waals surface area (Å²) < 4.78 is 95.9. The highest BCUT2D eigenvalue weighted by Crippen LogP contribution is 2.42. The highest BCUT2D eigenvalue weighted by Gasteiger charge is 2.42. The lowest BCUT2D eigenvalue weighted by molar-refractivity contribution is -0.150. The second kappa shape index (κ2) is 12.5. The first kappa shape index (κ1) is 35.7. The quantitative estimate of drug-likeness (QED) is 0.256. The first-order chi connectivity index (χ1) is 21.5. The van der Waals surface area contributed by atoms with Crippen molar-refractivity contribution in [1.29, 1.82) is 0 Å². The molecule has 1 N–H and O–H groups in total. The number of carboxylic acid groups (broad SMARTS) is 1. The van der Waals surface area contributed by atoms with Gasteiger partial charge in [-0.15, -0.1) is 0 Å². The van der Waals surface area contributed by atoms with E-state index in [2.05, 4.69) is 4.98 Å². The second-order valence-electron chi connectivity index (χ2n) is 13.1. The van der Waals surface area contributed by atoms with E-state index in [4.69, 9.17) is 0 Å². The molecule has 1 aliphatic heterocycles. The van der Waals surface area contributed by atoms with E-state index in [1.807, 2.05) is 4.90 Å². The molecule has 2 heterocycles. The summed E-state index contributed by atoms with van der Waals surface area (Å²) in [7, 11) is 1.35. The van der Waals surface area contributed by atoms with Gasteiger partial charge in [-0.1, -0.05) is 6.07 Å². The number of aryl methyl sites for hydroxylation is 1. The fraction of sp³-hybridized carbons (Fsp3) is 0.441. The molecule has 0 saturated carbocycles. The van der Waals surface area contributed by atoms with Crippen molar-refractivity contribution in [2.24, 2.45) is 11.3 Å². The molecule has 1 aliphatic rings. The number of benzene rings is 2. The van der Waals surface area contributed by atoms with Gasteiger partial charge in [-0.2, -0.15) is 26.3 Å². The first-order valence-electron chi connectivity index (χ1n) is 14.9. The van der Waals surface area contributed by atoms with Gasteiger partial charge in [0.15, 0.2) is 0 Å². The number of aromatic nitrogens is 1. The Morgan fingerprint density at radius 1 is 0.851 bits per heavy atom. The minimum Gasteiger partial charge on any atom is -0.481 e. The zero-order valence-corrected chi connectivity index (χ0v) is 26.8. The molecule has 0 unspecified atom stereocenters. The van der Waals surface area contributed by atoms with Crippen molar-refractivity contribution in [2.45, 2.75) is 65.2 Å². The summed E-state index contributed by atoms with van der Waals surface area (Å²) in [6.07, 6.45) is -7.63. The van der Waals surface area contributed by atoms with Gasteiger partial charge in [-0.3, -0.25) is 9.59 Å². The van der Waals surface area contributed by atoms with Crippen molar-refractivity contribution >= 4 is 23.4 Å². The van der Waals surface area contributed by atoms with Crippen LogP contribution >= 0.6 is 0 Å². The van der Waals surface area contributed by atoms with Gasteiger partial charge in [0.25, 0.3) is 0 Å². The topological polar surface area (TPSA) is 73.7 Å². The van der Waals surface area contributed by atoms with Crippen LogP contribution in [-0.2, 0) is 27.4 Å². The Kier molecular flexibility index (Phi) is 9.46. The lowest BCUT2D eigenvalue weighted by atomic mass is 9.74. The molecule has 6 nitrogen and oxygen atoms in total. The highest BCUT2D eigenvalue weighted by molar-refractivity contribution is 6.03. The number of hydrogen-bond acceptors (Lipinski definition) is 4. The minimum atomic E-state index is -5.09. The third-order valence-corrected chi connectivity index (χ3v) is 9.25. The number of piperidine rings is 1. The van der Waals surface area contributed by atoms with Crippen LogP contribution in [0.2, 0.25) is 0 Å². The molecule has 0 radical (unpaired) electrons. The van der Waals surface area contributed by atoms with E-state index in [0.717, 1.165) is 4.90 Å². The van der Waals surface area contributed by atoms with Crippen LogP contribution < -0.4 is 9.80 Å². The molecule has 0 bridgehead atoms. The number of aliphatic carboxylic acids is 1. The third kappa shape index (κ3) is 7.23. The lowest BCUT2D eigenvalue weighted by Crippen LogP contribution is -2.43. The largest absolute Gasteiger partial charge is 0.481 e. The molecule has 1 amide bonds. The monoisotopic (exact) mass is 667 g/mol. The molecular weight excluding hydrogens is 631 g/mol. The van der Waals surface area contributed by atoms with Crippen LogP contribution in [-0.4, -0.2) is 42.1 Å². The molecule has 47 heavy (non-hydrogen) atoms. The Labute approximate surface area is 268 Å². The Balaban J connectivity index is 1.76. The molecule has 4 rings (SSSR count). The second-order valence-corrected chi connectivity index (χ2v) is 13.1. The van der Waals surface area contributed by atoms with E-state index in [9.17, 15) is 45.4 Å². The van der Waals surface area contributed by atoms with E-state index in [1.165, 1.54) is 45.3 Å². The summed E-state index contributed by atoms with van der Waals surface area (Å²) in [6, 6.07) is 6.84. The Hall–Kier alpha value is -4.16. The van der Waals surface area contributed by atoms with E-state index < -0.39 is 57.6 Å². The third-order valence-electron chi connectivity index (χ3n) is 9.25. The number of amides is 1. The molecule has 0 spiro atoms. The number of hydrogen-bond donors (Lipinski definition) is 1. The number of rotatable bonds is 7. The minimum absolute atomic E-state index is 0.0112. The molecule has 0 atom stereocenters. The van der Waals surface area contributed by atoms with Gasteiger partial charge < -0.3 is 14.9 Å². The van der Waals surface area contributed by atoms with E-state index >= 15 is 0 Å². The fourth-order valence-electron chi connectivity index (χ4n) is 6.00. The molecule has 1 saturated heterocycles. The summed E-state index contributed by atoms with van der Waals surface area (Å²) in [5, 5.41) is 9.66. The van der Waals surface area contributed by atoms with Gasteiger partial charge in [0.1, 0.15) is 11.6 Å². The number of nitrogens with zero attached hydrogens (tertiary/aromatic N) is 3. The van der Waals surface area contributed by atoms with E-state index in [1.54, 1.807) is 26.8 Å². The smallest absolute Gasteiger partial charge is 0.416 e. The van der Waals surface area contributed by atoms with E-state index in [0.29, 0.717) is 60.6 Å². The maximum atomic E-state index is 14.1. The molecule has 1 aromatic heterocycles. The van der Waals surface area contributed by atoms with Crippen molar-refractivity contribution in [3.05, 3.63) is 76.7 Å². The van der Waals surface area contributed by atoms with Crippen LogP contribution in [0.3, 0.4) is 0 Å². The van der Waals surface area contributed by atoms with Crippen LogP contribution in [0.1, 0.15) is 62.8 Å². The van der Waals surface area contributed by atoms with E-state index in [-0.39, 0.29) is 17.7 Å². The molecule has 1 fully saturated rings. The van der Waals surface area contributed by atoms with Gasteiger partial charge in [-0.25, -0.2) is 9.37 Å². The maximum Gasteiger partial charge on any atom is 0.416 e. The van der Waals surface area contributed by atoms with Crippen molar-refractivity contribution in [3.8, 4) is 11.1 Å². The summed E-state index contributed by atoms with van der Waals surface area (Å²) in [5.74, 6) is -1.76. The molecule has 254 valence electrons. The summed E-state index contributed by atoms with van der Waals surface area (Å²) in [4.78, 5) is 33.4. The zero-order valence-electron chi connectivity index (χ0n) is 26.8. The number of carbonyl (C=O) groups excluding carboxylic acids is 1. The Morgan fingerprint density at radius 2 is 1.38 bits per heavy atom. The number of anilines is 2. The average molecular weight is 668 g/mol. The van der Waals surface area contributed by atoms with Crippen molar-refractivity contribution in [3.63, 3.8) is 0 Å². The SMILES string of the molecule is Cc1cc(F)ccc1-c1cc(N2CCC(C(C)(C)C(=O)O)CC2)ncc1N(C)C(=O)C(C)(C)c1cc(C(F)(F)F)cc(C(F)(F)F)c1. The predicted molar refractivity (Wildman–Crippen MR) is 164 cm³/mol. The number of likely N-dealkylation sites (N-methyl/N-ethyl adjacent to an activating group) is 1. The summed E-state index contributed by atoms with van der Waals surface area (Å²) in [5.41, 5.74) is -4.64. The number of pyridine rings is 1. The fourth-order valence-corrected chi connectivity index (χ4v) is 6.00. The summed E-state index contributed by atoms with van der Waals surface area (Å²) >= 11 is 0. The zero-order chi connectivity index (χ0) is 35.3. The number of alkyl halides is 6. The van der Waals surface area contributed by atoms with Crippen LogP contribution in [0.25, 0.3) is 11.1 Å².